The highest BCUT2D eigenvalue weighted by Crippen LogP contribution is 2.38. The number of benzene rings is 1. The molecule has 1 fully saturated rings. The van der Waals surface area contributed by atoms with Crippen LogP contribution in [-0.2, 0) is 0 Å². The number of aliphatic hydroxyl groups excluding tert-OH is 1. The van der Waals surface area contributed by atoms with Crippen LogP contribution in [0.25, 0.3) is 0 Å². The Morgan fingerprint density at radius 2 is 2.15 bits per heavy atom. The lowest BCUT2D eigenvalue weighted by Gasteiger charge is -2.16. The minimum Gasteiger partial charge on any atom is -0.491 e. The van der Waals surface area contributed by atoms with E-state index in [0.717, 1.165) is 17.0 Å². The van der Waals surface area contributed by atoms with E-state index in [1.54, 1.807) is 6.20 Å². The highest BCUT2D eigenvalue weighted by molar-refractivity contribution is 5.33. The Labute approximate surface area is 119 Å². The zero-order valence-electron chi connectivity index (χ0n) is 11.9. The lowest BCUT2D eigenvalue weighted by molar-refractivity contribution is 0.207. The van der Waals surface area contributed by atoms with Gasteiger partial charge < -0.3 is 14.4 Å². The number of ether oxygens (including phenoxy) is 1. The molecule has 0 radical (unpaired) electrons. The van der Waals surface area contributed by atoms with E-state index in [0.29, 0.717) is 6.04 Å². The number of hydrogen-bond donors (Lipinski definition) is 1. The molecule has 1 aromatic heterocycles. The molecular weight excluding hydrogens is 252 g/mol. The van der Waals surface area contributed by atoms with Crippen LogP contribution in [0.15, 0.2) is 36.8 Å². The minimum absolute atomic E-state index is 0.124. The van der Waals surface area contributed by atoms with Gasteiger partial charge in [0.25, 0.3) is 0 Å². The minimum atomic E-state index is -0.659. The lowest BCUT2D eigenvalue weighted by atomic mass is 10.1. The molecule has 1 saturated carbocycles. The molecule has 1 atom stereocenters. The molecule has 1 N–H and O–H groups in total. The van der Waals surface area contributed by atoms with Gasteiger partial charge in [0.15, 0.2) is 0 Å². The Bertz CT molecular complexity index is 588. The normalized spacial score (nSPS) is 16.4. The van der Waals surface area contributed by atoms with Crippen LogP contribution >= 0.6 is 0 Å². The molecule has 106 valence electrons. The highest BCUT2D eigenvalue weighted by atomic mass is 16.5. The average molecular weight is 272 g/mol. The largest absolute Gasteiger partial charge is 0.491 e. The van der Waals surface area contributed by atoms with Crippen molar-refractivity contribution in [2.24, 2.45) is 0 Å². The fourth-order valence-corrected chi connectivity index (χ4v) is 2.39. The van der Waals surface area contributed by atoms with E-state index in [1.807, 2.05) is 44.4 Å². The quantitative estimate of drug-likeness (QED) is 0.910. The van der Waals surface area contributed by atoms with Crippen LogP contribution in [0.5, 0.6) is 5.75 Å². The van der Waals surface area contributed by atoms with Gasteiger partial charge in [0.05, 0.1) is 24.3 Å². The second kappa shape index (κ2) is 5.29. The molecule has 4 nitrogen and oxygen atoms in total. The van der Waals surface area contributed by atoms with Crippen molar-refractivity contribution in [3.8, 4) is 5.75 Å². The van der Waals surface area contributed by atoms with E-state index in [9.17, 15) is 5.11 Å². The molecule has 20 heavy (non-hydrogen) atoms. The fourth-order valence-electron chi connectivity index (χ4n) is 2.39. The number of hydrogen-bond acceptors (Lipinski definition) is 3. The Hall–Kier alpha value is -1.81. The number of aliphatic hydroxyl groups is 1. The second-order valence-corrected chi connectivity index (χ2v) is 5.60. The number of rotatable bonds is 5. The molecule has 1 aromatic carbocycles. The lowest BCUT2D eigenvalue weighted by Crippen LogP contribution is -2.09. The predicted molar refractivity (Wildman–Crippen MR) is 76.8 cm³/mol. The molecule has 0 spiro atoms. The molecule has 0 saturated heterocycles. The van der Waals surface area contributed by atoms with Crippen LogP contribution in [0.3, 0.4) is 0 Å². The fraction of sp³-hybridized carbons (Fsp3) is 0.438. The van der Waals surface area contributed by atoms with E-state index in [2.05, 4.69) is 9.55 Å². The Kier molecular flexibility index (Phi) is 3.49. The monoisotopic (exact) mass is 272 g/mol. The van der Waals surface area contributed by atoms with Gasteiger partial charge in [0.1, 0.15) is 11.9 Å². The summed E-state index contributed by atoms with van der Waals surface area (Å²) in [7, 11) is 0. The van der Waals surface area contributed by atoms with Crippen LogP contribution < -0.4 is 4.74 Å². The summed E-state index contributed by atoms with van der Waals surface area (Å²) in [5.74, 6) is 0.786. The molecule has 1 heterocycles. The highest BCUT2D eigenvalue weighted by Gasteiger charge is 2.27. The maximum Gasteiger partial charge on any atom is 0.121 e. The maximum absolute atomic E-state index is 10.6. The molecule has 1 aliphatic carbocycles. The first-order valence-electron chi connectivity index (χ1n) is 7.11. The summed E-state index contributed by atoms with van der Waals surface area (Å²) in [5.41, 5.74) is 1.69. The Morgan fingerprint density at radius 1 is 1.35 bits per heavy atom. The van der Waals surface area contributed by atoms with Crippen LogP contribution in [0.1, 0.15) is 50.1 Å². The standard InChI is InChI=1S/C16H20N2O2/c1-11(2)20-14-5-3-4-12(8-14)16(19)15-9-17-10-18(15)13-6-7-13/h3-5,8-11,13,16,19H,6-7H2,1-2H3. The molecule has 4 heteroatoms. The summed E-state index contributed by atoms with van der Waals surface area (Å²) < 4.78 is 7.76. The van der Waals surface area contributed by atoms with Crippen molar-refractivity contribution in [1.82, 2.24) is 9.55 Å². The SMILES string of the molecule is CC(C)Oc1cccc(C(O)c2cncn2C2CC2)c1. The summed E-state index contributed by atoms with van der Waals surface area (Å²) >= 11 is 0. The van der Waals surface area contributed by atoms with Crippen molar-refractivity contribution in [3.05, 3.63) is 48.0 Å². The van der Waals surface area contributed by atoms with Gasteiger partial charge in [-0.25, -0.2) is 4.98 Å². The summed E-state index contributed by atoms with van der Waals surface area (Å²) in [6.45, 7) is 3.98. The van der Waals surface area contributed by atoms with Gasteiger partial charge in [-0.05, 0) is 44.4 Å². The van der Waals surface area contributed by atoms with Gasteiger partial charge in [-0.1, -0.05) is 12.1 Å². The zero-order valence-corrected chi connectivity index (χ0v) is 11.9. The summed E-state index contributed by atoms with van der Waals surface area (Å²) in [6.07, 6.45) is 5.37. The molecule has 0 bridgehead atoms. The number of imidazole rings is 1. The summed E-state index contributed by atoms with van der Waals surface area (Å²) in [6, 6.07) is 8.15. The van der Waals surface area contributed by atoms with Crippen molar-refractivity contribution in [1.29, 1.82) is 0 Å². The Morgan fingerprint density at radius 3 is 2.85 bits per heavy atom. The molecule has 0 amide bonds. The first-order valence-corrected chi connectivity index (χ1v) is 7.11. The second-order valence-electron chi connectivity index (χ2n) is 5.60. The number of aromatic nitrogens is 2. The van der Waals surface area contributed by atoms with Gasteiger partial charge in [-0.2, -0.15) is 0 Å². The van der Waals surface area contributed by atoms with Gasteiger partial charge in [-0.15, -0.1) is 0 Å². The van der Waals surface area contributed by atoms with E-state index in [4.69, 9.17) is 4.74 Å². The van der Waals surface area contributed by atoms with Crippen LogP contribution in [0, 0.1) is 0 Å². The average Bonchev–Trinajstić information content (AvgIpc) is 3.15. The third kappa shape index (κ3) is 2.70. The van der Waals surface area contributed by atoms with E-state index < -0.39 is 6.10 Å². The molecular formula is C16H20N2O2. The van der Waals surface area contributed by atoms with E-state index in [-0.39, 0.29) is 6.10 Å². The Balaban J connectivity index is 1.85. The van der Waals surface area contributed by atoms with Gasteiger partial charge in [0.2, 0.25) is 0 Å². The van der Waals surface area contributed by atoms with Crippen molar-refractivity contribution in [3.63, 3.8) is 0 Å². The topological polar surface area (TPSA) is 47.3 Å². The van der Waals surface area contributed by atoms with E-state index in [1.165, 1.54) is 12.8 Å². The van der Waals surface area contributed by atoms with Crippen molar-refractivity contribution in [2.75, 3.05) is 0 Å². The summed E-state index contributed by atoms with van der Waals surface area (Å²) in [4.78, 5) is 4.17. The van der Waals surface area contributed by atoms with Crippen LogP contribution in [-0.4, -0.2) is 20.8 Å². The van der Waals surface area contributed by atoms with Crippen LogP contribution in [0.4, 0.5) is 0 Å². The first-order chi connectivity index (χ1) is 9.65. The molecule has 3 rings (SSSR count). The van der Waals surface area contributed by atoms with Crippen LogP contribution in [0.2, 0.25) is 0 Å². The van der Waals surface area contributed by atoms with Crippen molar-refractivity contribution < 1.29 is 9.84 Å². The maximum atomic E-state index is 10.6. The van der Waals surface area contributed by atoms with Gasteiger partial charge >= 0.3 is 0 Å². The van der Waals surface area contributed by atoms with Crippen molar-refractivity contribution >= 4 is 0 Å². The third-order valence-corrected chi connectivity index (χ3v) is 3.46. The smallest absolute Gasteiger partial charge is 0.121 e. The number of nitrogens with zero attached hydrogens (tertiary/aromatic N) is 2. The molecule has 0 aliphatic heterocycles. The zero-order chi connectivity index (χ0) is 14.1. The summed E-state index contributed by atoms with van der Waals surface area (Å²) in [5, 5.41) is 10.6. The molecule has 2 aromatic rings. The molecule has 1 aliphatic rings. The first kappa shape index (κ1) is 13.2. The predicted octanol–water partition coefficient (Wildman–Crippen LogP) is 3.09. The van der Waals surface area contributed by atoms with Gasteiger partial charge in [0, 0.05) is 6.04 Å². The van der Waals surface area contributed by atoms with Gasteiger partial charge in [-0.3, -0.25) is 0 Å². The third-order valence-electron chi connectivity index (χ3n) is 3.46. The van der Waals surface area contributed by atoms with E-state index >= 15 is 0 Å². The molecule has 1 unspecified atom stereocenters. The van der Waals surface area contributed by atoms with Crippen molar-refractivity contribution in [2.45, 2.75) is 44.9 Å².